The van der Waals surface area contributed by atoms with Crippen LogP contribution < -0.4 is 5.73 Å². The van der Waals surface area contributed by atoms with Gasteiger partial charge in [-0.1, -0.05) is 0 Å². The topological polar surface area (TPSA) is 70.1 Å². The van der Waals surface area contributed by atoms with Gasteiger partial charge in [0.05, 0.1) is 12.3 Å². The fourth-order valence-electron chi connectivity index (χ4n) is 0.909. The van der Waals surface area contributed by atoms with E-state index in [2.05, 4.69) is 5.10 Å². The Labute approximate surface area is 70.1 Å². The van der Waals surface area contributed by atoms with Crippen LogP contribution in [0.2, 0.25) is 0 Å². The van der Waals surface area contributed by atoms with Gasteiger partial charge in [0.2, 0.25) is 0 Å². The number of rotatable bonds is 3. The maximum atomic E-state index is 10.7. The quantitative estimate of drug-likeness (QED) is 0.673. The van der Waals surface area contributed by atoms with Crippen molar-refractivity contribution in [2.24, 2.45) is 12.8 Å². The number of carbonyl (C=O) groups is 1. The van der Waals surface area contributed by atoms with Crippen molar-refractivity contribution in [3.63, 3.8) is 0 Å². The largest absolute Gasteiger partial charge is 0.378 e. The molecule has 5 nitrogen and oxygen atoms in total. The first-order valence-corrected chi connectivity index (χ1v) is 3.47. The van der Waals surface area contributed by atoms with Crippen LogP contribution in [0.5, 0.6) is 0 Å². The second-order valence-corrected chi connectivity index (χ2v) is 2.44. The molecule has 0 fully saturated rings. The van der Waals surface area contributed by atoms with Crippen LogP contribution in [0.15, 0.2) is 6.07 Å². The van der Waals surface area contributed by atoms with Crippen molar-refractivity contribution in [1.29, 1.82) is 0 Å². The van der Waals surface area contributed by atoms with Gasteiger partial charge in [-0.3, -0.25) is 9.48 Å². The maximum absolute atomic E-state index is 10.7. The van der Waals surface area contributed by atoms with E-state index in [4.69, 9.17) is 10.5 Å². The van der Waals surface area contributed by atoms with E-state index in [0.717, 1.165) is 5.69 Å². The fraction of sp³-hybridized carbons (Fsp3) is 0.429. The van der Waals surface area contributed by atoms with Gasteiger partial charge in [-0.05, 0) is 6.07 Å². The van der Waals surface area contributed by atoms with Crippen molar-refractivity contribution >= 4 is 5.91 Å². The third-order valence-electron chi connectivity index (χ3n) is 1.52. The number of amides is 1. The lowest BCUT2D eigenvalue weighted by Gasteiger charge is -1.97. The number of hydrogen-bond donors (Lipinski definition) is 1. The average molecular weight is 169 g/mol. The Kier molecular flexibility index (Phi) is 2.44. The molecule has 1 rings (SSSR count). The normalized spacial score (nSPS) is 10.2. The van der Waals surface area contributed by atoms with Crippen LogP contribution >= 0.6 is 0 Å². The van der Waals surface area contributed by atoms with Crippen molar-refractivity contribution in [3.8, 4) is 0 Å². The van der Waals surface area contributed by atoms with E-state index in [1.165, 1.54) is 0 Å². The van der Waals surface area contributed by atoms with Crippen molar-refractivity contribution in [1.82, 2.24) is 9.78 Å². The smallest absolute Gasteiger partial charge is 0.269 e. The molecule has 0 saturated heterocycles. The summed E-state index contributed by atoms with van der Waals surface area (Å²) in [5.41, 5.74) is 6.13. The third kappa shape index (κ3) is 1.62. The van der Waals surface area contributed by atoms with Gasteiger partial charge >= 0.3 is 0 Å². The number of ether oxygens (including phenoxy) is 1. The minimum atomic E-state index is -0.520. The van der Waals surface area contributed by atoms with E-state index in [9.17, 15) is 4.79 Å². The lowest BCUT2D eigenvalue weighted by Crippen LogP contribution is -2.11. The first-order chi connectivity index (χ1) is 5.65. The molecule has 0 saturated carbocycles. The molecule has 2 N–H and O–H groups in total. The summed E-state index contributed by atoms with van der Waals surface area (Å²) >= 11 is 0. The minimum Gasteiger partial charge on any atom is -0.378 e. The summed E-state index contributed by atoms with van der Waals surface area (Å²) in [6.45, 7) is 0.427. The lowest BCUT2D eigenvalue weighted by molar-refractivity contribution is 0.0995. The Hall–Kier alpha value is -1.36. The number of aryl methyl sites for hydroxylation is 1. The number of primary amides is 1. The number of methoxy groups -OCH3 is 1. The monoisotopic (exact) mass is 169 g/mol. The molecular formula is C7H11N3O2. The highest BCUT2D eigenvalue weighted by molar-refractivity contribution is 5.90. The summed E-state index contributed by atoms with van der Waals surface area (Å²) in [6.07, 6.45) is 0. The first kappa shape index (κ1) is 8.73. The van der Waals surface area contributed by atoms with Gasteiger partial charge in [0, 0.05) is 14.2 Å². The van der Waals surface area contributed by atoms with Crippen molar-refractivity contribution in [2.45, 2.75) is 6.61 Å². The second kappa shape index (κ2) is 3.36. The Morgan fingerprint density at radius 2 is 2.50 bits per heavy atom. The van der Waals surface area contributed by atoms with Crippen LogP contribution in [0.1, 0.15) is 16.2 Å². The highest BCUT2D eigenvalue weighted by Gasteiger charge is 2.08. The Morgan fingerprint density at radius 1 is 1.83 bits per heavy atom. The zero-order valence-corrected chi connectivity index (χ0v) is 7.07. The molecule has 1 aromatic rings. The van der Waals surface area contributed by atoms with Crippen molar-refractivity contribution in [3.05, 3.63) is 17.5 Å². The Morgan fingerprint density at radius 3 is 2.92 bits per heavy atom. The molecule has 0 aromatic carbocycles. The molecule has 0 aliphatic heterocycles. The van der Waals surface area contributed by atoms with E-state index in [-0.39, 0.29) is 5.69 Å². The highest BCUT2D eigenvalue weighted by Crippen LogP contribution is 2.02. The maximum Gasteiger partial charge on any atom is 0.269 e. The van der Waals surface area contributed by atoms with Gasteiger partial charge in [0.25, 0.3) is 5.91 Å². The number of aromatic nitrogens is 2. The van der Waals surface area contributed by atoms with E-state index < -0.39 is 5.91 Å². The second-order valence-electron chi connectivity index (χ2n) is 2.44. The van der Waals surface area contributed by atoms with E-state index in [1.807, 2.05) is 0 Å². The van der Waals surface area contributed by atoms with E-state index >= 15 is 0 Å². The summed E-state index contributed by atoms with van der Waals surface area (Å²) in [5.74, 6) is -0.520. The Bertz CT molecular complexity index is 293. The molecule has 1 heterocycles. The molecule has 1 amide bonds. The summed E-state index contributed by atoms with van der Waals surface area (Å²) in [5, 5.41) is 3.89. The van der Waals surface area contributed by atoms with Gasteiger partial charge in [0.15, 0.2) is 0 Å². The summed E-state index contributed by atoms with van der Waals surface area (Å²) in [6, 6.07) is 1.62. The minimum absolute atomic E-state index is 0.268. The number of hydrogen-bond acceptors (Lipinski definition) is 3. The fourth-order valence-corrected chi connectivity index (χ4v) is 0.909. The van der Waals surface area contributed by atoms with Gasteiger partial charge in [-0.2, -0.15) is 5.10 Å². The third-order valence-corrected chi connectivity index (χ3v) is 1.52. The lowest BCUT2D eigenvalue weighted by atomic mass is 10.3. The number of nitrogens with zero attached hydrogens (tertiary/aromatic N) is 2. The van der Waals surface area contributed by atoms with Crippen LogP contribution in [0, 0.1) is 0 Å². The molecule has 0 radical (unpaired) electrons. The Balaban J connectivity index is 2.92. The molecule has 0 unspecified atom stereocenters. The summed E-state index contributed by atoms with van der Waals surface area (Å²) in [4.78, 5) is 10.7. The number of carbonyl (C=O) groups excluding carboxylic acids is 1. The van der Waals surface area contributed by atoms with E-state index in [1.54, 1.807) is 24.9 Å². The molecule has 5 heteroatoms. The predicted molar refractivity (Wildman–Crippen MR) is 42.4 cm³/mol. The zero-order chi connectivity index (χ0) is 9.14. The van der Waals surface area contributed by atoms with Crippen molar-refractivity contribution in [2.75, 3.05) is 7.11 Å². The predicted octanol–water partition coefficient (Wildman–Crippen LogP) is -0.335. The molecule has 12 heavy (non-hydrogen) atoms. The van der Waals surface area contributed by atoms with Crippen LogP contribution in [0.4, 0.5) is 0 Å². The molecule has 1 aromatic heterocycles. The molecule has 0 spiro atoms. The van der Waals surface area contributed by atoms with E-state index in [0.29, 0.717) is 6.61 Å². The summed E-state index contributed by atoms with van der Waals surface area (Å²) in [7, 11) is 3.32. The molecule has 0 aliphatic carbocycles. The SMILES string of the molecule is COCc1cc(C(N)=O)nn1C. The first-order valence-electron chi connectivity index (χ1n) is 3.47. The van der Waals surface area contributed by atoms with Crippen LogP contribution in [0.3, 0.4) is 0 Å². The highest BCUT2D eigenvalue weighted by atomic mass is 16.5. The molecular weight excluding hydrogens is 158 g/mol. The molecule has 0 bridgehead atoms. The molecule has 66 valence electrons. The van der Waals surface area contributed by atoms with Gasteiger partial charge < -0.3 is 10.5 Å². The van der Waals surface area contributed by atoms with Crippen LogP contribution in [-0.2, 0) is 18.4 Å². The average Bonchev–Trinajstić information content (AvgIpc) is 2.34. The van der Waals surface area contributed by atoms with Gasteiger partial charge in [-0.15, -0.1) is 0 Å². The van der Waals surface area contributed by atoms with Gasteiger partial charge in [0.1, 0.15) is 5.69 Å². The van der Waals surface area contributed by atoms with Crippen LogP contribution in [-0.4, -0.2) is 22.8 Å². The summed E-state index contributed by atoms with van der Waals surface area (Å²) < 4.78 is 6.46. The van der Waals surface area contributed by atoms with Crippen molar-refractivity contribution < 1.29 is 9.53 Å². The molecule has 0 aliphatic rings. The zero-order valence-electron chi connectivity index (χ0n) is 7.07. The standard InChI is InChI=1S/C7H11N3O2/c1-10-5(4-12-2)3-6(9-10)7(8)11/h3H,4H2,1-2H3,(H2,8,11). The number of nitrogens with two attached hydrogens (primary N) is 1. The van der Waals surface area contributed by atoms with Crippen LogP contribution in [0.25, 0.3) is 0 Å². The molecule has 0 atom stereocenters. The van der Waals surface area contributed by atoms with Gasteiger partial charge in [-0.25, -0.2) is 0 Å².